The first kappa shape index (κ1) is 16.9. The summed E-state index contributed by atoms with van der Waals surface area (Å²) in [5.74, 6) is -0.374. The van der Waals surface area contributed by atoms with Crippen molar-refractivity contribution < 1.29 is 14.7 Å². The lowest BCUT2D eigenvalue weighted by Gasteiger charge is -2.27. The Labute approximate surface area is 109 Å². The molecule has 0 bridgehead atoms. The molecule has 1 unspecified atom stereocenters. The lowest BCUT2D eigenvalue weighted by molar-refractivity contribution is -0.138. The molecule has 0 aromatic heterocycles. The summed E-state index contributed by atoms with van der Waals surface area (Å²) in [7, 11) is 0. The molecule has 106 valence electrons. The van der Waals surface area contributed by atoms with Crippen molar-refractivity contribution in [1.82, 2.24) is 4.90 Å². The zero-order chi connectivity index (χ0) is 14.1. The number of amides is 1. The topological polar surface area (TPSA) is 83.6 Å². The lowest BCUT2D eigenvalue weighted by atomic mass is 10.1. The predicted molar refractivity (Wildman–Crippen MR) is 71.2 cm³/mol. The smallest absolute Gasteiger partial charge is 0.303 e. The Morgan fingerprint density at radius 3 is 2.28 bits per heavy atom. The average molecular weight is 258 g/mol. The van der Waals surface area contributed by atoms with Gasteiger partial charge in [-0.25, -0.2) is 0 Å². The standard InChI is InChI=1S/C13H26N2O3/c1-10(2)15(8-4-5-13(17)18)12(16)7-6-11(3)9-14/h10-11H,4-9,14H2,1-3H3,(H,17,18). The van der Waals surface area contributed by atoms with Crippen LogP contribution in [0.1, 0.15) is 46.5 Å². The minimum absolute atomic E-state index is 0.0932. The van der Waals surface area contributed by atoms with Crippen molar-refractivity contribution in [3.63, 3.8) is 0 Å². The van der Waals surface area contributed by atoms with E-state index in [4.69, 9.17) is 10.8 Å². The number of aliphatic carboxylic acids is 1. The number of hydrogen-bond acceptors (Lipinski definition) is 3. The van der Waals surface area contributed by atoms with Gasteiger partial charge in [-0.2, -0.15) is 0 Å². The first-order chi connectivity index (χ1) is 8.38. The van der Waals surface area contributed by atoms with E-state index in [1.807, 2.05) is 20.8 Å². The van der Waals surface area contributed by atoms with E-state index in [0.29, 0.717) is 31.8 Å². The van der Waals surface area contributed by atoms with Gasteiger partial charge in [-0.1, -0.05) is 6.92 Å². The largest absolute Gasteiger partial charge is 0.481 e. The van der Waals surface area contributed by atoms with Crippen molar-refractivity contribution in [3.05, 3.63) is 0 Å². The van der Waals surface area contributed by atoms with E-state index in [1.165, 1.54) is 0 Å². The monoisotopic (exact) mass is 258 g/mol. The number of nitrogens with zero attached hydrogens (tertiary/aromatic N) is 1. The molecule has 0 spiro atoms. The van der Waals surface area contributed by atoms with Gasteiger partial charge in [-0.3, -0.25) is 9.59 Å². The van der Waals surface area contributed by atoms with Crippen LogP contribution >= 0.6 is 0 Å². The first-order valence-electron chi connectivity index (χ1n) is 6.59. The normalized spacial score (nSPS) is 12.5. The quantitative estimate of drug-likeness (QED) is 0.656. The summed E-state index contributed by atoms with van der Waals surface area (Å²) in [5.41, 5.74) is 5.52. The van der Waals surface area contributed by atoms with E-state index in [0.717, 1.165) is 6.42 Å². The Bertz CT molecular complexity index is 267. The molecule has 0 saturated carbocycles. The van der Waals surface area contributed by atoms with Crippen LogP contribution in [0, 0.1) is 5.92 Å². The summed E-state index contributed by atoms with van der Waals surface area (Å²) >= 11 is 0. The molecule has 1 amide bonds. The zero-order valence-corrected chi connectivity index (χ0v) is 11.7. The van der Waals surface area contributed by atoms with Gasteiger partial charge in [0.2, 0.25) is 5.91 Å². The van der Waals surface area contributed by atoms with Crippen LogP contribution in [0.15, 0.2) is 0 Å². The van der Waals surface area contributed by atoms with Gasteiger partial charge >= 0.3 is 5.97 Å². The molecule has 0 aromatic carbocycles. The van der Waals surface area contributed by atoms with Gasteiger partial charge in [0.1, 0.15) is 0 Å². The molecule has 0 heterocycles. The molecular formula is C13H26N2O3. The summed E-state index contributed by atoms with van der Waals surface area (Å²) in [6.45, 7) is 7.03. The van der Waals surface area contributed by atoms with Crippen LogP contribution in [-0.2, 0) is 9.59 Å². The second-order valence-electron chi connectivity index (χ2n) is 5.06. The second kappa shape index (κ2) is 8.91. The van der Waals surface area contributed by atoms with Crippen LogP contribution in [0.25, 0.3) is 0 Å². The Hall–Kier alpha value is -1.10. The van der Waals surface area contributed by atoms with Gasteiger partial charge < -0.3 is 15.7 Å². The Balaban J connectivity index is 4.15. The number of carbonyl (C=O) groups excluding carboxylic acids is 1. The second-order valence-corrected chi connectivity index (χ2v) is 5.06. The average Bonchev–Trinajstić information content (AvgIpc) is 2.30. The molecule has 5 nitrogen and oxygen atoms in total. The highest BCUT2D eigenvalue weighted by atomic mass is 16.4. The van der Waals surface area contributed by atoms with E-state index < -0.39 is 5.97 Å². The van der Waals surface area contributed by atoms with Crippen molar-refractivity contribution in [2.24, 2.45) is 11.7 Å². The highest BCUT2D eigenvalue weighted by Crippen LogP contribution is 2.10. The molecular weight excluding hydrogens is 232 g/mol. The summed E-state index contributed by atoms with van der Waals surface area (Å²) in [5, 5.41) is 8.59. The highest BCUT2D eigenvalue weighted by molar-refractivity contribution is 5.76. The molecule has 0 aliphatic heterocycles. The van der Waals surface area contributed by atoms with Crippen molar-refractivity contribution in [2.75, 3.05) is 13.1 Å². The number of carboxylic acid groups (broad SMARTS) is 1. The van der Waals surface area contributed by atoms with E-state index in [-0.39, 0.29) is 18.4 Å². The van der Waals surface area contributed by atoms with Crippen LogP contribution in [-0.4, -0.2) is 41.0 Å². The van der Waals surface area contributed by atoms with Gasteiger partial charge in [0.05, 0.1) is 0 Å². The molecule has 3 N–H and O–H groups in total. The van der Waals surface area contributed by atoms with Crippen LogP contribution in [0.5, 0.6) is 0 Å². The van der Waals surface area contributed by atoms with Gasteiger partial charge in [-0.15, -0.1) is 0 Å². The molecule has 18 heavy (non-hydrogen) atoms. The molecule has 0 saturated heterocycles. The van der Waals surface area contributed by atoms with E-state index >= 15 is 0 Å². The van der Waals surface area contributed by atoms with E-state index in [9.17, 15) is 9.59 Å². The third kappa shape index (κ3) is 7.27. The number of rotatable bonds is 9. The van der Waals surface area contributed by atoms with Crippen LogP contribution in [0.4, 0.5) is 0 Å². The Kier molecular flexibility index (Phi) is 8.37. The highest BCUT2D eigenvalue weighted by Gasteiger charge is 2.17. The molecule has 0 aliphatic rings. The maximum atomic E-state index is 12.0. The fourth-order valence-electron chi connectivity index (χ4n) is 1.70. The van der Waals surface area contributed by atoms with Gasteiger partial charge in [0.15, 0.2) is 0 Å². The molecule has 0 rings (SSSR count). The van der Waals surface area contributed by atoms with E-state index in [1.54, 1.807) is 4.90 Å². The molecule has 1 atom stereocenters. The first-order valence-corrected chi connectivity index (χ1v) is 6.59. The van der Waals surface area contributed by atoms with Crippen LogP contribution < -0.4 is 5.73 Å². The maximum absolute atomic E-state index is 12.0. The number of carboxylic acids is 1. The zero-order valence-electron chi connectivity index (χ0n) is 11.7. The predicted octanol–water partition coefficient (Wildman–Crippen LogP) is 1.46. The maximum Gasteiger partial charge on any atom is 0.303 e. The fraction of sp³-hybridized carbons (Fsp3) is 0.846. The fourth-order valence-corrected chi connectivity index (χ4v) is 1.70. The van der Waals surface area contributed by atoms with Crippen molar-refractivity contribution in [3.8, 4) is 0 Å². The Morgan fingerprint density at radius 1 is 1.22 bits per heavy atom. The Morgan fingerprint density at radius 2 is 1.83 bits per heavy atom. The minimum atomic E-state index is -0.817. The van der Waals surface area contributed by atoms with Gasteiger partial charge in [0.25, 0.3) is 0 Å². The third-order valence-electron chi connectivity index (χ3n) is 2.99. The van der Waals surface area contributed by atoms with E-state index in [2.05, 4.69) is 0 Å². The van der Waals surface area contributed by atoms with Crippen LogP contribution in [0.3, 0.4) is 0 Å². The third-order valence-corrected chi connectivity index (χ3v) is 2.99. The van der Waals surface area contributed by atoms with Gasteiger partial charge in [-0.05, 0) is 39.2 Å². The molecule has 0 aromatic rings. The number of hydrogen-bond donors (Lipinski definition) is 2. The van der Waals surface area contributed by atoms with Crippen molar-refractivity contribution >= 4 is 11.9 Å². The number of nitrogens with two attached hydrogens (primary N) is 1. The van der Waals surface area contributed by atoms with Crippen LogP contribution in [0.2, 0.25) is 0 Å². The molecule has 0 radical (unpaired) electrons. The lowest BCUT2D eigenvalue weighted by Crippen LogP contribution is -2.38. The summed E-state index contributed by atoms with van der Waals surface area (Å²) in [4.78, 5) is 24.2. The molecule has 0 aliphatic carbocycles. The SMILES string of the molecule is CC(CN)CCC(=O)N(CCCC(=O)O)C(C)C. The minimum Gasteiger partial charge on any atom is -0.481 e. The van der Waals surface area contributed by atoms with Crippen molar-refractivity contribution in [1.29, 1.82) is 0 Å². The van der Waals surface area contributed by atoms with Gasteiger partial charge in [0, 0.05) is 25.4 Å². The van der Waals surface area contributed by atoms with Crippen molar-refractivity contribution in [2.45, 2.75) is 52.5 Å². The molecule has 0 fully saturated rings. The number of carbonyl (C=O) groups is 2. The summed E-state index contributed by atoms with van der Waals surface area (Å²) in [6, 6.07) is 0.111. The summed E-state index contributed by atoms with van der Waals surface area (Å²) in [6.07, 6.45) is 1.89. The summed E-state index contributed by atoms with van der Waals surface area (Å²) < 4.78 is 0. The molecule has 5 heteroatoms.